The predicted molar refractivity (Wildman–Crippen MR) is 69.4 cm³/mol. The Balaban J connectivity index is 2.23. The fourth-order valence-electron chi connectivity index (χ4n) is 2.13. The Morgan fingerprint density at radius 3 is 2.65 bits per heavy atom. The summed E-state index contributed by atoms with van der Waals surface area (Å²) < 4.78 is 5.69. The molecule has 0 aromatic rings. The lowest BCUT2D eigenvalue weighted by atomic mass is 9.97. The van der Waals surface area contributed by atoms with Crippen LogP contribution < -0.4 is 5.73 Å². The summed E-state index contributed by atoms with van der Waals surface area (Å²) in [5.41, 5.74) is 5.31. The summed E-state index contributed by atoms with van der Waals surface area (Å²) in [6.07, 6.45) is 7.03. The highest BCUT2D eigenvalue weighted by Crippen LogP contribution is 2.38. The Morgan fingerprint density at radius 2 is 2.18 bits per heavy atom. The molecule has 0 radical (unpaired) electrons. The molecule has 1 rings (SSSR count). The third kappa shape index (κ3) is 4.65. The summed E-state index contributed by atoms with van der Waals surface area (Å²) >= 11 is 0. The molecule has 1 aliphatic rings. The van der Waals surface area contributed by atoms with Crippen molar-refractivity contribution in [3.63, 3.8) is 0 Å². The average molecular weight is 238 g/mol. The van der Waals surface area contributed by atoms with E-state index in [4.69, 9.17) is 15.7 Å². The summed E-state index contributed by atoms with van der Waals surface area (Å²) in [5, 5.41) is 9.10. The van der Waals surface area contributed by atoms with E-state index in [9.17, 15) is 0 Å². The number of unbranched alkanes of at least 4 members (excludes halogenated alkanes) is 1. The van der Waals surface area contributed by atoms with Gasteiger partial charge in [-0.25, -0.2) is 0 Å². The number of nitrogens with two attached hydrogens (primary N) is 1. The first-order chi connectivity index (χ1) is 8.16. The average Bonchev–Trinajstić information content (AvgIpc) is 3.17. The van der Waals surface area contributed by atoms with Crippen LogP contribution in [-0.4, -0.2) is 18.8 Å². The topological polar surface area (TPSA) is 59.0 Å². The molecule has 1 saturated carbocycles. The minimum Gasteiger partial charge on any atom is -0.378 e. The molecule has 2 atom stereocenters. The molecule has 0 aliphatic heterocycles. The van der Waals surface area contributed by atoms with Crippen LogP contribution in [0.5, 0.6) is 0 Å². The number of ether oxygens (including phenoxy) is 1. The van der Waals surface area contributed by atoms with E-state index >= 15 is 0 Å². The Labute approximate surface area is 105 Å². The molecule has 0 saturated heterocycles. The van der Waals surface area contributed by atoms with Crippen molar-refractivity contribution in [2.45, 2.75) is 57.9 Å². The molecule has 1 fully saturated rings. The van der Waals surface area contributed by atoms with Gasteiger partial charge in [-0.1, -0.05) is 33.1 Å². The molecular formula is C14H26N2O. The van der Waals surface area contributed by atoms with Crippen molar-refractivity contribution in [2.24, 2.45) is 17.6 Å². The highest BCUT2D eigenvalue weighted by Gasteiger charge is 2.42. The second kappa shape index (κ2) is 6.98. The maximum atomic E-state index is 9.10. The van der Waals surface area contributed by atoms with E-state index in [0.29, 0.717) is 18.4 Å². The molecule has 3 nitrogen and oxygen atoms in total. The molecule has 0 bridgehead atoms. The van der Waals surface area contributed by atoms with Gasteiger partial charge in [0.1, 0.15) is 5.54 Å². The standard InChI is InChI=1S/C14H26N2O/c1-3-5-6-12(4-2)9-17-11-14(16,10-15)13-7-8-13/h12-13H,3-9,11,16H2,1-2H3. The summed E-state index contributed by atoms with van der Waals surface area (Å²) in [5.74, 6) is 0.986. The van der Waals surface area contributed by atoms with E-state index in [-0.39, 0.29) is 0 Å². The molecule has 3 heteroatoms. The minimum absolute atomic E-state index is 0.364. The summed E-state index contributed by atoms with van der Waals surface area (Å²) in [6.45, 7) is 5.56. The smallest absolute Gasteiger partial charge is 0.130 e. The summed E-state index contributed by atoms with van der Waals surface area (Å²) in [4.78, 5) is 0. The van der Waals surface area contributed by atoms with Gasteiger partial charge in [-0.3, -0.25) is 0 Å². The highest BCUT2D eigenvalue weighted by molar-refractivity contribution is 5.13. The normalized spacial score (nSPS) is 20.6. The third-order valence-corrected chi connectivity index (χ3v) is 3.75. The van der Waals surface area contributed by atoms with E-state index in [2.05, 4.69) is 19.9 Å². The maximum absolute atomic E-state index is 9.10. The van der Waals surface area contributed by atoms with Crippen molar-refractivity contribution in [3.8, 4) is 6.07 Å². The van der Waals surface area contributed by atoms with Crippen LogP contribution in [0.25, 0.3) is 0 Å². The van der Waals surface area contributed by atoms with E-state index in [1.807, 2.05) is 0 Å². The molecule has 98 valence electrons. The summed E-state index contributed by atoms with van der Waals surface area (Å²) in [6, 6.07) is 2.23. The van der Waals surface area contributed by atoms with Crippen LogP contribution in [0.4, 0.5) is 0 Å². The molecule has 2 N–H and O–H groups in total. The van der Waals surface area contributed by atoms with Gasteiger partial charge < -0.3 is 10.5 Å². The van der Waals surface area contributed by atoms with Crippen molar-refractivity contribution in [1.82, 2.24) is 0 Å². The summed E-state index contributed by atoms with van der Waals surface area (Å²) in [7, 11) is 0. The van der Waals surface area contributed by atoms with Crippen LogP contribution >= 0.6 is 0 Å². The SMILES string of the molecule is CCCCC(CC)COCC(N)(C#N)C1CC1. The van der Waals surface area contributed by atoms with Crippen molar-refractivity contribution in [2.75, 3.05) is 13.2 Å². The molecule has 2 unspecified atom stereocenters. The van der Waals surface area contributed by atoms with Gasteiger partial charge in [-0.15, -0.1) is 0 Å². The van der Waals surface area contributed by atoms with Crippen LogP contribution in [0, 0.1) is 23.2 Å². The minimum atomic E-state index is -0.733. The van der Waals surface area contributed by atoms with Crippen LogP contribution in [-0.2, 0) is 4.74 Å². The molecule has 0 heterocycles. The first kappa shape index (κ1) is 14.5. The van der Waals surface area contributed by atoms with Gasteiger partial charge in [-0.2, -0.15) is 5.26 Å². The first-order valence-electron chi connectivity index (χ1n) is 6.94. The number of hydrogen-bond donors (Lipinski definition) is 1. The molecule has 17 heavy (non-hydrogen) atoms. The number of nitrogens with zero attached hydrogens (tertiary/aromatic N) is 1. The van der Waals surface area contributed by atoms with Crippen molar-refractivity contribution < 1.29 is 4.74 Å². The monoisotopic (exact) mass is 238 g/mol. The van der Waals surface area contributed by atoms with Gasteiger partial charge in [0.05, 0.1) is 12.7 Å². The van der Waals surface area contributed by atoms with Gasteiger partial charge in [0.2, 0.25) is 0 Å². The molecular weight excluding hydrogens is 212 g/mol. The van der Waals surface area contributed by atoms with Crippen LogP contribution in [0.15, 0.2) is 0 Å². The predicted octanol–water partition coefficient (Wildman–Crippen LogP) is 2.85. The number of rotatable bonds is 9. The fourth-order valence-corrected chi connectivity index (χ4v) is 2.13. The second-order valence-corrected chi connectivity index (χ2v) is 5.36. The Morgan fingerprint density at radius 1 is 1.47 bits per heavy atom. The van der Waals surface area contributed by atoms with Gasteiger partial charge in [0.15, 0.2) is 0 Å². The van der Waals surface area contributed by atoms with Crippen LogP contribution in [0.3, 0.4) is 0 Å². The Bertz CT molecular complexity index is 257. The van der Waals surface area contributed by atoms with Crippen LogP contribution in [0.1, 0.15) is 52.4 Å². The quantitative estimate of drug-likeness (QED) is 0.672. The zero-order valence-electron chi connectivity index (χ0n) is 11.2. The van der Waals surface area contributed by atoms with Gasteiger partial charge in [0.25, 0.3) is 0 Å². The van der Waals surface area contributed by atoms with Gasteiger partial charge in [0, 0.05) is 6.61 Å². The van der Waals surface area contributed by atoms with E-state index in [1.165, 1.54) is 19.3 Å². The lowest BCUT2D eigenvalue weighted by Crippen LogP contribution is -2.45. The lowest BCUT2D eigenvalue weighted by Gasteiger charge is -2.22. The van der Waals surface area contributed by atoms with Crippen LogP contribution in [0.2, 0.25) is 0 Å². The van der Waals surface area contributed by atoms with Crippen molar-refractivity contribution in [1.29, 1.82) is 5.26 Å². The fraction of sp³-hybridized carbons (Fsp3) is 0.929. The van der Waals surface area contributed by atoms with E-state index in [1.54, 1.807) is 0 Å². The highest BCUT2D eigenvalue weighted by atomic mass is 16.5. The molecule has 1 aliphatic carbocycles. The van der Waals surface area contributed by atoms with Crippen molar-refractivity contribution >= 4 is 0 Å². The third-order valence-electron chi connectivity index (χ3n) is 3.75. The molecule has 0 aromatic heterocycles. The zero-order chi connectivity index (χ0) is 12.7. The lowest BCUT2D eigenvalue weighted by molar-refractivity contribution is 0.0644. The van der Waals surface area contributed by atoms with E-state index < -0.39 is 5.54 Å². The van der Waals surface area contributed by atoms with Gasteiger partial charge in [-0.05, 0) is 31.1 Å². The molecule has 0 amide bonds. The number of nitriles is 1. The van der Waals surface area contributed by atoms with Gasteiger partial charge >= 0.3 is 0 Å². The maximum Gasteiger partial charge on any atom is 0.130 e. The second-order valence-electron chi connectivity index (χ2n) is 5.36. The zero-order valence-corrected chi connectivity index (χ0v) is 11.2. The van der Waals surface area contributed by atoms with Crippen molar-refractivity contribution in [3.05, 3.63) is 0 Å². The number of hydrogen-bond acceptors (Lipinski definition) is 3. The molecule has 0 spiro atoms. The largest absolute Gasteiger partial charge is 0.378 e. The Kier molecular flexibility index (Phi) is 5.94. The Hall–Kier alpha value is -0.590. The molecule has 0 aromatic carbocycles. The van der Waals surface area contributed by atoms with E-state index in [0.717, 1.165) is 25.9 Å². The first-order valence-corrected chi connectivity index (χ1v) is 6.94.